The second-order valence-corrected chi connectivity index (χ2v) is 22.0. The third-order valence-electron chi connectivity index (χ3n) is 14.2. The lowest BCUT2D eigenvalue weighted by molar-refractivity contribution is 0.0214. The molecule has 0 N–H and O–H groups in total. The molecule has 2 aromatic heterocycles. The van der Waals surface area contributed by atoms with E-state index in [9.17, 15) is 13.2 Å². The van der Waals surface area contributed by atoms with Crippen molar-refractivity contribution in [1.82, 2.24) is 24.6 Å². The number of aromatic nitrogens is 4. The maximum absolute atomic E-state index is 17.1. The van der Waals surface area contributed by atoms with E-state index in [1.807, 2.05) is 117 Å². The summed E-state index contributed by atoms with van der Waals surface area (Å²) < 4.78 is 60.1. The minimum absolute atomic E-state index is 0.0906. The number of hydrogen-bond acceptors (Lipinski definition) is 9. The van der Waals surface area contributed by atoms with Gasteiger partial charge in [0.2, 0.25) is 15.0 Å². The lowest BCUT2D eigenvalue weighted by Gasteiger charge is -2.36. The summed E-state index contributed by atoms with van der Waals surface area (Å²) in [5.41, 5.74) is 5.50. The lowest BCUT2D eigenvalue weighted by atomic mass is 9.77. The number of hydrogen-bond donors (Lipinski definition) is 0. The Morgan fingerprint density at radius 1 is 0.771 bits per heavy atom. The van der Waals surface area contributed by atoms with Crippen LogP contribution >= 0.6 is 0 Å². The number of sulfone groups is 1. The van der Waals surface area contributed by atoms with Crippen LogP contribution < -0.4 is 9.64 Å². The molecule has 3 fully saturated rings. The minimum atomic E-state index is -3.98. The number of piperazine rings is 1. The molecule has 1 amide bonds. The van der Waals surface area contributed by atoms with Crippen molar-refractivity contribution >= 4 is 43.6 Å². The van der Waals surface area contributed by atoms with E-state index < -0.39 is 26.8 Å². The second kappa shape index (κ2) is 17.4. The summed E-state index contributed by atoms with van der Waals surface area (Å²) in [7, 11) is -3.98. The van der Waals surface area contributed by atoms with Crippen LogP contribution in [0.15, 0.2) is 145 Å². The molecule has 2 bridgehead atoms. The van der Waals surface area contributed by atoms with Gasteiger partial charge in [0, 0.05) is 47.3 Å². The molecule has 4 heterocycles. The Morgan fingerprint density at radius 2 is 1.37 bits per heavy atom. The molecule has 1 aliphatic carbocycles. The van der Waals surface area contributed by atoms with E-state index in [-0.39, 0.29) is 41.6 Å². The minimum Gasteiger partial charge on any atom is -0.486 e. The Balaban J connectivity index is 1.19. The van der Waals surface area contributed by atoms with Gasteiger partial charge in [-0.15, -0.1) is 0 Å². The molecular formula is C57H55FN6O5S. The molecule has 2 saturated heterocycles. The summed E-state index contributed by atoms with van der Waals surface area (Å²) >= 11 is 0. The molecule has 0 spiro atoms. The van der Waals surface area contributed by atoms with Crippen molar-refractivity contribution in [2.45, 2.75) is 94.8 Å². The number of ether oxygens (including phenoxy) is 2. The number of carbonyl (C=O) groups excluding carboxylic acids is 1. The SMILES string of the molecule is CCS(=O)(=O)c1nc(N2C[C@@H]3C[C@H]2CN3C(=O)OC(C)(C)C)c2cc(C3CC3)c(-c3c(C)c(F)cc4nn(C(c5ccccc5)(c5ccccc5)c5ccccc5)cc34)c(OCc3ccccc3)c2n1. The highest BCUT2D eigenvalue weighted by Crippen LogP contribution is 2.54. The first-order chi connectivity index (χ1) is 33.7. The topological polar surface area (TPSA) is 120 Å². The van der Waals surface area contributed by atoms with Gasteiger partial charge in [-0.25, -0.2) is 27.6 Å². The van der Waals surface area contributed by atoms with E-state index in [0.29, 0.717) is 69.6 Å². The van der Waals surface area contributed by atoms with Crippen LogP contribution in [0.1, 0.15) is 86.3 Å². The summed E-state index contributed by atoms with van der Waals surface area (Å²) in [5, 5.41) is 6.37. The van der Waals surface area contributed by atoms with Crippen LogP contribution in [-0.2, 0) is 26.7 Å². The zero-order valence-electron chi connectivity index (χ0n) is 40.0. The Hall–Kier alpha value is -7.12. The molecule has 13 heteroatoms. The van der Waals surface area contributed by atoms with Gasteiger partial charge in [0.25, 0.3) is 0 Å². The van der Waals surface area contributed by atoms with Crippen LogP contribution in [0.25, 0.3) is 32.9 Å². The van der Waals surface area contributed by atoms with E-state index in [1.165, 1.54) is 6.07 Å². The second-order valence-electron chi connectivity index (χ2n) is 19.8. The summed E-state index contributed by atoms with van der Waals surface area (Å²) in [6, 6.07) is 43.8. The van der Waals surface area contributed by atoms with Gasteiger partial charge < -0.3 is 19.3 Å². The van der Waals surface area contributed by atoms with Crippen molar-refractivity contribution in [3.8, 4) is 16.9 Å². The predicted molar refractivity (Wildman–Crippen MR) is 271 cm³/mol. The Labute approximate surface area is 407 Å². The predicted octanol–water partition coefficient (Wildman–Crippen LogP) is 11.4. The lowest BCUT2D eigenvalue weighted by Crippen LogP contribution is -2.50. The Bertz CT molecular complexity index is 3300. The number of fused-ring (bicyclic) bond motifs is 4. The molecule has 0 unspecified atom stereocenters. The summed E-state index contributed by atoms with van der Waals surface area (Å²) in [5.74, 6) is 0.251. The molecule has 6 aromatic carbocycles. The smallest absolute Gasteiger partial charge is 0.410 e. The van der Waals surface area contributed by atoms with Gasteiger partial charge in [-0.1, -0.05) is 128 Å². The van der Waals surface area contributed by atoms with Gasteiger partial charge in [-0.05, 0) is 92.3 Å². The van der Waals surface area contributed by atoms with E-state index in [4.69, 9.17) is 24.5 Å². The van der Waals surface area contributed by atoms with Gasteiger partial charge in [0.05, 0.1) is 23.4 Å². The fourth-order valence-electron chi connectivity index (χ4n) is 10.7. The average Bonchev–Trinajstić information content (AvgIpc) is 3.80. The van der Waals surface area contributed by atoms with E-state index >= 15 is 4.39 Å². The van der Waals surface area contributed by atoms with E-state index in [2.05, 4.69) is 47.4 Å². The molecule has 8 aromatic rings. The summed E-state index contributed by atoms with van der Waals surface area (Å²) in [4.78, 5) is 27.2. The summed E-state index contributed by atoms with van der Waals surface area (Å²) in [6.45, 7) is 9.88. The van der Waals surface area contributed by atoms with Gasteiger partial charge in [-0.3, -0.25) is 4.68 Å². The number of benzene rings is 6. The molecule has 2 aliphatic heterocycles. The van der Waals surface area contributed by atoms with E-state index in [0.717, 1.165) is 40.7 Å². The Morgan fingerprint density at radius 3 is 1.91 bits per heavy atom. The highest BCUT2D eigenvalue weighted by Gasteiger charge is 2.48. The van der Waals surface area contributed by atoms with Crippen LogP contribution in [0.3, 0.4) is 0 Å². The highest BCUT2D eigenvalue weighted by molar-refractivity contribution is 7.91. The van der Waals surface area contributed by atoms with Crippen molar-refractivity contribution in [2.24, 2.45) is 0 Å². The van der Waals surface area contributed by atoms with Crippen LogP contribution in [-0.4, -0.2) is 75.7 Å². The number of nitrogens with zero attached hydrogens (tertiary/aromatic N) is 6. The van der Waals surface area contributed by atoms with Crippen molar-refractivity contribution < 1.29 is 27.1 Å². The molecule has 2 atom stereocenters. The molecule has 356 valence electrons. The monoisotopic (exact) mass is 954 g/mol. The number of halogens is 1. The standard InChI is InChI=1S/C57H55FN6O5S/c1-6-70(66,67)54-59-51-45(53(60-54)62-32-43-29-42(62)33-63(43)55(65)69-56(3,4)5)30-44(38-27-28-38)50(52(51)68-35-37-19-11-7-12-20-37)49-36(2)47(58)31-48-46(49)34-64(61-48)57(39-21-13-8-14-22-39,40-23-15-9-16-24-40)41-25-17-10-18-26-41/h7-26,30-31,34,38,42-43H,6,27-29,32-33,35H2,1-5H3/t42-,43-/m0/s1. The van der Waals surface area contributed by atoms with Crippen molar-refractivity contribution in [3.63, 3.8) is 0 Å². The molecule has 0 radical (unpaired) electrons. The van der Waals surface area contributed by atoms with Crippen molar-refractivity contribution in [2.75, 3.05) is 23.7 Å². The van der Waals surface area contributed by atoms with Crippen LogP contribution in [0.2, 0.25) is 0 Å². The fraction of sp³-hybridized carbons (Fsp3) is 0.298. The quantitative estimate of drug-likeness (QED) is 0.0871. The van der Waals surface area contributed by atoms with Crippen molar-refractivity contribution in [1.29, 1.82) is 0 Å². The number of rotatable bonds is 12. The van der Waals surface area contributed by atoms with Gasteiger partial charge >= 0.3 is 6.09 Å². The van der Waals surface area contributed by atoms with Crippen LogP contribution in [0.5, 0.6) is 5.75 Å². The maximum Gasteiger partial charge on any atom is 0.410 e. The third kappa shape index (κ3) is 7.84. The zero-order valence-corrected chi connectivity index (χ0v) is 40.8. The Kier molecular flexibility index (Phi) is 11.3. The third-order valence-corrected chi connectivity index (χ3v) is 15.7. The number of amides is 1. The molecular weight excluding hydrogens is 900 g/mol. The first kappa shape index (κ1) is 45.3. The molecule has 70 heavy (non-hydrogen) atoms. The van der Waals surface area contributed by atoms with Gasteiger partial charge in [-0.2, -0.15) is 5.10 Å². The largest absolute Gasteiger partial charge is 0.486 e. The molecule has 1 saturated carbocycles. The number of carbonyl (C=O) groups is 1. The molecule has 11 nitrogen and oxygen atoms in total. The van der Waals surface area contributed by atoms with Gasteiger partial charge in [0.15, 0.2) is 5.75 Å². The number of likely N-dealkylation sites (tertiary alicyclic amines) is 1. The van der Waals surface area contributed by atoms with Crippen LogP contribution in [0, 0.1) is 12.7 Å². The van der Waals surface area contributed by atoms with E-state index in [1.54, 1.807) is 18.7 Å². The maximum atomic E-state index is 17.1. The normalized spacial score (nSPS) is 17.2. The first-order valence-corrected chi connectivity index (χ1v) is 25.8. The van der Waals surface area contributed by atoms with Crippen LogP contribution in [0.4, 0.5) is 15.0 Å². The zero-order chi connectivity index (χ0) is 48.5. The molecule has 11 rings (SSSR count). The average molecular weight is 955 g/mol. The van der Waals surface area contributed by atoms with Gasteiger partial charge in [0.1, 0.15) is 34.9 Å². The van der Waals surface area contributed by atoms with Crippen molar-refractivity contribution in [3.05, 3.63) is 179 Å². The number of anilines is 1. The summed E-state index contributed by atoms with van der Waals surface area (Å²) in [6.07, 6.45) is 4.12. The fourth-order valence-corrected chi connectivity index (χ4v) is 11.4. The highest BCUT2D eigenvalue weighted by atomic mass is 32.2. The molecule has 3 aliphatic rings. The first-order valence-electron chi connectivity index (χ1n) is 24.2.